The van der Waals surface area contributed by atoms with E-state index >= 15 is 0 Å². The quantitative estimate of drug-likeness (QED) is 0.504. The van der Waals surface area contributed by atoms with Gasteiger partial charge in [-0.25, -0.2) is 0 Å². The van der Waals surface area contributed by atoms with E-state index in [1.54, 1.807) is 0 Å². The van der Waals surface area contributed by atoms with Crippen molar-refractivity contribution in [2.24, 2.45) is 0 Å². The summed E-state index contributed by atoms with van der Waals surface area (Å²) in [5.41, 5.74) is 2.44. The fraction of sp³-hybridized carbons (Fsp3) is 0.143. The molecule has 0 rings (SSSR count). The van der Waals surface area contributed by atoms with E-state index in [1.807, 2.05) is 19.1 Å². The molecule has 0 heterocycles. The Bertz CT molecular complexity index is 340. The van der Waals surface area contributed by atoms with Crippen molar-refractivity contribution in [3.8, 4) is 0 Å². The minimum absolute atomic E-state index is 0.0869. The summed E-state index contributed by atoms with van der Waals surface area (Å²) in [5.74, 6) is 0.0869. The molecule has 0 saturated carbocycles. The molecule has 0 atom stereocenters. The third-order valence-corrected chi connectivity index (χ3v) is 1.92. The smallest absolute Gasteiger partial charge is 0.115 e. The maximum absolute atomic E-state index is 9.20. The van der Waals surface area contributed by atoms with E-state index in [1.165, 1.54) is 12.2 Å². The molecule has 0 aliphatic carbocycles. The summed E-state index contributed by atoms with van der Waals surface area (Å²) in [5, 5.41) is 9.20. The first-order valence-corrected chi connectivity index (χ1v) is 4.78. The highest BCUT2D eigenvalue weighted by molar-refractivity contribution is 5.45. The Balaban J connectivity index is 4.48. The van der Waals surface area contributed by atoms with Crippen molar-refractivity contribution in [2.75, 3.05) is 0 Å². The van der Waals surface area contributed by atoms with Crippen molar-refractivity contribution in [2.45, 2.75) is 13.3 Å². The van der Waals surface area contributed by atoms with Gasteiger partial charge in [0.2, 0.25) is 0 Å². The lowest BCUT2D eigenvalue weighted by molar-refractivity contribution is 0.432. The summed E-state index contributed by atoms with van der Waals surface area (Å²) in [6, 6.07) is 0. The molecule has 0 aliphatic heterocycles. The maximum Gasteiger partial charge on any atom is 0.115 e. The van der Waals surface area contributed by atoms with Crippen LogP contribution in [0.4, 0.5) is 0 Å². The molecule has 0 aromatic rings. The molecule has 0 aliphatic rings. The molecule has 0 bridgehead atoms. The van der Waals surface area contributed by atoms with Gasteiger partial charge in [-0.3, -0.25) is 0 Å². The predicted molar refractivity (Wildman–Crippen MR) is 67.8 cm³/mol. The number of hydrogen-bond acceptors (Lipinski definition) is 1. The zero-order valence-electron chi connectivity index (χ0n) is 9.29. The van der Waals surface area contributed by atoms with E-state index in [-0.39, 0.29) is 5.76 Å². The fourth-order valence-corrected chi connectivity index (χ4v) is 0.773. The number of aliphatic hydroxyl groups excluding tert-OH is 1. The fourth-order valence-electron chi connectivity index (χ4n) is 0.773. The molecular formula is C14H18O. The van der Waals surface area contributed by atoms with Crippen molar-refractivity contribution in [1.29, 1.82) is 0 Å². The van der Waals surface area contributed by atoms with Crippen molar-refractivity contribution in [1.82, 2.24) is 0 Å². The van der Waals surface area contributed by atoms with Gasteiger partial charge in [0.1, 0.15) is 5.76 Å². The summed E-state index contributed by atoms with van der Waals surface area (Å²) in [7, 11) is 0. The van der Waals surface area contributed by atoms with Crippen LogP contribution in [-0.4, -0.2) is 5.11 Å². The van der Waals surface area contributed by atoms with E-state index in [9.17, 15) is 5.11 Å². The van der Waals surface area contributed by atoms with Crippen LogP contribution in [0.1, 0.15) is 13.3 Å². The molecule has 80 valence electrons. The van der Waals surface area contributed by atoms with Crippen LogP contribution >= 0.6 is 0 Å². The zero-order chi connectivity index (χ0) is 11.8. The van der Waals surface area contributed by atoms with Crippen molar-refractivity contribution >= 4 is 0 Å². The highest BCUT2D eigenvalue weighted by atomic mass is 16.3. The van der Waals surface area contributed by atoms with Crippen molar-refractivity contribution in [3.63, 3.8) is 0 Å². The zero-order valence-corrected chi connectivity index (χ0v) is 9.29. The minimum Gasteiger partial charge on any atom is -0.508 e. The molecule has 1 heteroatoms. The number of allylic oxidation sites excluding steroid dienone is 7. The summed E-state index contributed by atoms with van der Waals surface area (Å²) in [6.45, 7) is 16.9. The highest BCUT2D eigenvalue weighted by Crippen LogP contribution is 2.12. The largest absolute Gasteiger partial charge is 0.508 e. The Morgan fingerprint density at radius 3 is 2.20 bits per heavy atom. The standard InChI is InChI=1S/C14H18O/c1-6-11(3)8-9-12(4)13(5)10-14(15)7-2/h7-10,15H,2-6H2,1H3/b9-8-,14-10+. The Labute approximate surface area is 92.1 Å². The molecule has 0 radical (unpaired) electrons. The molecule has 0 spiro atoms. The summed E-state index contributed by atoms with van der Waals surface area (Å²) in [6.07, 6.45) is 7.51. The SMILES string of the molecule is C=C/C(O)=C\C(=C)C(=C)/C=C\C(=C)CC. The normalized spacial score (nSPS) is 11.4. The maximum atomic E-state index is 9.20. The number of aliphatic hydroxyl groups is 1. The van der Waals surface area contributed by atoms with Gasteiger partial charge in [-0.1, -0.05) is 51.0 Å². The first-order valence-electron chi connectivity index (χ1n) is 4.78. The average molecular weight is 202 g/mol. The summed E-state index contributed by atoms with van der Waals surface area (Å²) < 4.78 is 0. The third kappa shape index (κ3) is 5.53. The highest BCUT2D eigenvalue weighted by Gasteiger charge is 1.94. The minimum atomic E-state index is 0.0869. The average Bonchev–Trinajstić information content (AvgIpc) is 2.24. The molecule has 0 aromatic heterocycles. The van der Waals surface area contributed by atoms with Gasteiger partial charge in [-0.05, 0) is 29.7 Å². The summed E-state index contributed by atoms with van der Waals surface area (Å²) in [4.78, 5) is 0. The van der Waals surface area contributed by atoms with Gasteiger partial charge in [0.05, 0.1) is 0 Å². The molecule has 0 amide bonds. The molecule has 0 saturated heterocycles. The Hall–Kier alpha value is -1.76. The van der Waals surface area contributed by atoms with Gasteiger partial charge in [0, 0.05) is 0 Å². The van der Waals surface area contributed by atoms with Crippen LogP contribution in [0, 0.1) is 0 Å². The molecular weight excluding hydrogens is 184 g/mol. The second kappa shape index (κ2) is 6.66. The van der Waals surface area contributed by atoms with Gasteiger partial charge >= 0.3 is 0 Å². The van der Waals surface area contributed by atoms with E-state index in [2.05, 4.69) is 26.3 Å². The topological polar surface area (TPSA) is 20.2 Å². The van der Waals surface area contributed by atoms with Crippen LogP contribution in [0.15, 0.2) is 73.1 Å². The van der Waals surface area contributed by atoms with Gasteiger partial charge in [-0.15, -0.1) is 0 Å². The lowest BCUT2D eigenvalue weighted by Gasteiger charge is -2.00. The lowest BCUT2D eigenvalue weighted by atomic mass is 10.1. The molecule has 0 unspecified atom stereocenters. The Morgan fingerprint density at radius 2 is 1.73 bits per heavy atom. The van der Waals surface area contributed by atoms with Gasteiger partial charge in [0.15, 0.2) is 0 Å². The van der Waals surface area contributed by atoms with Gasteiger partial charge in [-0.2, -0.15) is 0 Å². The number of rotatable bonds is 6. The first kappa shape index (κ1) is 13.2. The predicted octanol–water partition coefficient (Wildman–Crippen LogP) is 4.25. The molecule has 1 N–H and O–H groups in total. The van der Waals surface area contributed by atoms with Crippen LogP contribution in [-0.2, 0) is 0 Å². The molecule has 0 aromatic carbocycles. The van der Waals surface area contributed by atoms with Crippen LogP contribution in [0.25, 0.3) is 0 Å². The van der Waals surface area contributed by atoms with Crippen LogP contribution in [0.3, 0.4) is 0 Å². The van der Waals surface area contributed by atoms with E-state index < -0.39 is 0 Å². The number of hydrogen-bond donors (Lipinski definition) is 1. The molecule has 1 nitrogen and oxygen atoms in total. The van der Waals surface area contributed by atoms with Crippen LogP contribution in [0.2, 0.25) is 0 Å². The second-order valence-corrected chi connectivity index (χ2v) is 3.17. The Morgan fingerprint density at radius 1 is 1.13 bits per heavy atom. The van der Waals surface area contributed by atoms with E-state index in [0.29, 0.717) is 5.57 Å². The molecule has 15 heavy (non-hydrogen) atoms. The van der Waals surface area contributed by atoms with Crippen LogP contribution < -0.4 is 0 Å². The first-order chi connectivity index (χ1) is 7.01. The van der Waals surface area contributed by atoms with E-state index in [4.69, 9.17) is 0 Å². The Kier molecular flexibility index (Phi) is 5.88. The van der Waals surface area contributed by atoms with Gasteiger partial charge < -0.3 is 5.11 Å². The lowest BCUT2D eigenvalue weighted by Crippen LogP contribution is -1.82. The second-order valence-electron chi connectivity index (χ2n) is 3.17. The van der Waals surface area contributed by atoms with Crippen molar-refractivity contribution < 1.29 is 5.11 Å². The molecule has 0 fully saturated rings. The van der Waals surface area contributed by atoms with Gasteiger partial charge in [0.25, 0.3) is 0 Å². The van der Waals surface area contributed by atoms with E-state index in [0.717, 1.165) is 17.6 Å². The third-order valence-electron chi connectivity index (χ3n) is 1.92. The monoisotopic (exact) mass is 202 g/mol. The summed E-state index contributed by atoms with van der Waals surface area (Å²) >= 11 is 0. The van der Waals surface area contributed by atoms with Crippen molar-refractivity contribution in [3.05, 3.63) is 73.1 Å². The van der Waals surface area contributed by atoms with Crippen LogP contribution in [0.5, 0.6) is 0 Å².